The summed E-state index contributed by atoms with van der Waals surface area (Å²) in [5.41, 5.74) is 0.189. The van der Waals surface area contributed by atoms with E-state index in [4.69, 9.17) is 9.15 Å². The highest BCUT2D eigenvalue weighted by atomic mass is 32.2. The van der Waals surface area contributed by atoms with Gasteiger partial charge >= 0.3 is 5.97 Å². The molecule has 6 heteroatoms. The molecular weight excluding hydrogens is 264 g/mol. The monoisotopic (exact) mass is 284 g/mol. The Bertz CT molecular complexity index is 451. The number of hydrogen-bond acceptors (Lipinski definition) is 6. The van der Waals surface area contributed by atoms with Gasteiger partial charge in [-0.1, -0.05) is 11.8 Å². The van der Waals surface area contributed by atoms with Gasteiger partial charge in [-0.25, -0.2) is 4.98 Å². The lowest BCUT2D eigenvalue weighted by Crippen LogP contribution is -2.53. The molecule has 1 aliphatic rings. The predicted molar refractivity (Wildman–Crippen MR) is 73.3 cm³/mol. The van der Waals surface area contributed by atoms with Crippen molar-refractivity contribution in [3.05, 3.63) is 11.5 Å². The molecule has 0 bridgehead atoms. The molecule has 1 aromatic heterocycles. The summed E-state index contributed by atoms with van der Waals surface area (Å²) in [4.78, 5) is 16.3. The molecule has 1 saturated carbocycles. The molecule has 0 amide bonds. The number of hydrogen-bond donors (Lipinski definition) is 1. The summed E-state index contributed by atoms with van der Waals surface area (Å²) < 4.78 is 10.4. The third kappa shape index (κ3) is 3.51. The van der Waals surface area contributed by atoms with Crippen molar-refractivity contribution < 1.29 is 13.9 Å². The van der Waals surface area contributed by atoms with Gasteiger partial charge in [0.05, 0.1) is 12.8 Å². The summed E-state index contributed by atoms with van der Waals surface area (Å²) in [6, 6.07) is 0.428. The van der Waals surface area contributed by atoms with Crippen LogP contribution in [0.4, 0.5) is 0 Å². The minimum absolute atomic E-state index is 0.244. The van der Waals surface area contributed by atoms with E-state index >= 15 is 0 Å². The van der Waals surface area contributed by atoms with Gasteiger partial charge in [0.2, 0.25) is 0 Å². The number of nitrogens with one attached hydrogen (secondary N) is 1. The number of aromatic nitrogens is 1. The molecular formula is C13H20N2O3S. The van der Waals surface area contributed by atoms with Crippen LogP contribution in [0.15, 0.2) is 9.64 Å². The highest BCUT2D eigenvalue weighted by molar-refractivity contribution is 7.99. The summed E-state index contributed by atoms with van der Waals surface area (Å²) in [6.07, 6.45) is 2.24. The Morgan fingerprint density at radius 1 is 1.58 bits per heavy atom. The van der Waals surface area contributed by atoms with E-state index in [-0.39, 0.29) is 5.97 Å². The van der Waals surface area contributed by atoms with E-state index in [9.17, 15) is 4.79 Å². The normalized spacial score (nSPS) is 18.1. The van der Waals surface area contributed by atoms with Crippen LogP contribution in [-0.4, -0.2) is 35.4 Å². The largest absolute Gasteiger partial charge is 0.468 e. The van der Waals surface area contributed by atoms with Crippen LogP contribution in [0.3, 0.4) is 0 Å². The van der Waals surface area contributed by atoms with Gasteiger partial charge in [-0.2, -0.15) is 0 Å². The van der Waals surface area contributed by atoms with Crippen LogP contribution in [0.2, 0.25) is 0 Å². The maximum atomic E-state index is 11.9. The summed E-state index contributed by atoms with van der Waals surface area (Å²) in [5.74, 6) is 1.11. The number of methoxy groups -OCH3 is 1. The fraction of sp³-hybridized carbons (Fsp3) is 0.692. The van der Waals surface area contributed by atoms with Gasteiger partial charge in [-0.05, 0) is 33.6 Å². The highest BCUT2D eigenvalue weighted by Crippen LogP contribution is 2.28. The van der Waals surface area contributed by atoms with Crippen molar-refractivity contribution in [2.24, 2.45) is 0 Å². The number of nitrogens with zero attached hydrogens (tertiary/aromatic N) is 1. The van der Waals surface area contributed by atoms with Gasteiger partial charge in [0.15, 0.2) is 0 Å². The smallest absolute Gasteiger partial charge is 0.326 e. The third-order valence-corrected chi connectivity index (χ3v) is 4.37. The number of thioether (sulfide) groups is 1. The van der Waals surface area contributed by atoms with Crippen molar-refractivity contribution in [2.45, 2.75) is 50.4 Å². The maximum absolute atomic E-state index is 11.9. The first-order chi connectivity index (χ1) is 8.94. The molecule has 0 saturated heterocycles. The van der Waals surface area contributed by atoms with Crippen LogP contribution in [0.5, 0.6) is 0 Å². The lowest BCUT2D eigenvalue weighted by atomic mass is 10.1. The van der Waals surface area contributed by atoms with Crippen molar-refractivity contribution in [1.82, 2.24) is 10.3 Å². The van der Waals surface area contributed by atoms with Crippen LogP contribution < -0.4 is 5.32 Å². The van der Waals surface area contributed by atoms with Crippen molar-refractivity contribution in [2.75, 3.05) is 12.9 Å². The molecule has 1 unspecified atom stereocenters. The fourth-order valence-corrected chi connectivity index (χ4v) is 2.77. The molecule has 5 nitrogen and oxygen atoms in total. The Balaban J connectivity index is 2.01. The molecule has 2 rings (SSSR count). The molecule has 106 valence electrons. The van der Waals surface area contributed by atoms with E-state index in [0.29, 0.717) is 17.0 Å². The molecule has 0 aliphatic heterocycles. The molecule has 0 radical (unpaired) electrons. The Hall–Kier alpha value is -1.01. The first-order valence-electron chi connectivity index (χ1n) is 6.37. The summed E-state index contributed by atoms with van der Waals surface area (Å²) in [6.45, 7) is 5.66. The maximum Gasteiger partial charge on any atom is 0.326 e. The van der Waals surface area contributed by atoms with Crippen LogP contribution in [0.25, 0.3) is 0 Å². The minimum Gasteiger partial charge on any atom is -0.468 e. The van der Waals surface area contributed by atoms with Gasteiger partial charge in [0, 0.05) is 11.8 Å². The molecule has 1 fully saturated rings. The average Bonchev–Trinajstić information content (AvgIpc) is 3.12. The van der Waals surface area contributed by atoms with Crippen molar-refractivity contribution in [1.29, 1.82) is 0 Å². The van der Waals surface area contributed by atoms with E-state index in [0.717, 1.165) is 24.3 Å². The van der Waals surface area contributed by atoms with E-state index in [1.807, 2.05) is 20.8 Å². The molecule has 19 heavy (non-hydrogen) atoms. The van der Waals surface area contributed by atoms with Crippen molar-refractivity contribution >= 4 is 17.7 Å². The molecule has 0 spiro atoms. The molecule has 1 N–H and O–H groups in total. The fourth-order valence-electron chi connectivity index (χ4n) is 1.77. The van der Waals surface area contributed by atoms with Crippen LogP contribution in [0.1, 0.15) is 31.2 Å². The van der Waals surface area contributed by atoms with E-state index < -0.39 is 5.54 Å². The second kappa shape index (κ2) is 5.54. The van der Waals surface area contributed by atoms with Crippen LogP contribution in [-0.2, 0) is 9.53 Å². The number of aryl methyl sites for hydroxylation is 2. The molecule has 0 aromatic carbocycles. The average molecular weight is 284 g/mol. The summed E-state index contributed by atoms with van der Waals surface area (Å²) >= 11 is 1.43. The molecule has 1 heterocycles. The number of rotatable bonds is 6. The second-order valence-corrected chi connectivity index (χ2v) is 6.08. The SMILES string of the molecule is COC(=O)C(C)(CSc1nc(C)c(C)o1)NC1CC1. The molecule has 1 aliphatic carbocycles. The number of oxazole rings is 1. The topological polar surface area (TPSA) is 64.4 Å². The standard InChI is InChI=1S/C13H20N2O3S/c1-8-9(2)18-12(14-8)19-7-13(3,11(16)17-4)15-10-5-6-10/h10,15H,5-7H2,1-4H3. The number of carbonyl (C=O) groups excluding carboxylic acids is 1. The van der Waals surface area contributed by atoms with Crippen molar-refractivity contribution in [3.63, 3.8) is 0 Å². The minimum atomic E-state index is -0.698. The zero-order valence-corrected chi connectivity index (χ0v) is 12.6. The molecule has 1 aromatic rings. The Kier molecular flexibility index (Phi) is 4.20. The van der Waals surface area contributed by atoms with Gasteiger partial charge in [-0.15, -0.1) is 0 Å². The number of carbonyl (C=O) groups is 1. The van der Waals surface area contributed by atoms with E-state index in [1.54, 1.807) is 0 Å². The lowest BCUT2D eigenvalue weighted by Gasteiger charge is -2.27. The summed E-state index contributed by atoms with van der Waals surface area (Å²) in [5, 5.41) is 3.94. The first-order valence-corrected chi connectivity index (χ1v) is 7.36. The van der Waals surface area contributed by atoms with Crippen molar-refractivity contribution in [3.8, 4) is 0 Å². The summed E-state index contributed by atoms with van der Waals surface area (Å²) in [7, 11) is 1.42. The molecule has 1 atom stereocenters. The Labute approximate surface area is 117 Å². The van der Waals surface area contributed by atoms with Gasteiger partial charge in [0.1, 0.15) is 11.3 Å². The van der Waals surface area contributed by atoms with Gasteiger partial charge in [-0.3, -0.25) is 10.1 Å². The Morgan fingerprint density at radius 3 is 2.74 bits per heavy atom. The van der Waals surface area contributed by atoms with Gasteiger partial charge in [0.25, 0.3) is 5.22 Å². The Morgan fingerprint density at radius 2 is 2.26 bits per heavy atom. The van der Waals surface area contributed by atoms with Crippen LogP contribution in [0, 0.1) is 13.8 Å². The van der Waals surface area contributed by atoms with Gasteiger partial charge < -0.3 is 9.15 Å². The quantitative estimate of drug-likeness (QED) is 0.637. The zero-order valence-electron chi connectivity index (χ0n) is 11.8. The number of ether oxygens (including phenoxy) is 1. The third-order valence-electron chi connectivity index (χ3n) is 3.23. The second-order valence-electron chi connectivity index (χ2n) is 5.15. The highest BCUT2D eigenvalue weighted by Gasteiger charge is 2.39. The van der Waals surface area contributed by atoms with E-state index in [1.165, 1.54) is 18.9 Å². The first kappa shape index (κ1) is 14.4. The lowest BCUT2D eigenvalue weighted by molar-refractivity contribution is -0.147. The van der Waals surface area contributed by atoms with E-state index in [2.05, 4.69) is 10.3 Å². The number of esters is 1. The predicted octanol–water partition coefficient (Wildman–Crippen LogP) is 2.07. The van der Waals surface area contributed by atoms with Crippen LogP contribution >= 0.6 is 11.8 Å². The zero-order chi connectivity index (χ0) is 14.0.